The van der Waals surface area contributed by atoms with Gasteiger partial charge in [0.2, 0.25) is 0 Å². The number of benzene rings is 4. The Bertz CT molecular complexity index is 1190. The number of hydrogen-bond donors (Lipinski definition) is 0. The molecular formula is C30H33N. The first kappa shape index (κ1) is 21.2. The summed E-state index contributed by atoms with van der Waals surface area (Å²) in [4.78, 5) is 2.51. The van der Waals surface area contributed by atoms with Crippen LogP contribution in [0.5, 0.6) is 0 Å². The van der Waals surface area contributed by atoms with Crippen molar-refractivity contribution in [2.45, 2.75) is 40.2 Å². The van der Waals surface area contributed by atoms with Crippen LogP contribution < -0.4 is 4.90 Å². The predicted molar refractivity (Wildman–Crippen MR) is 136 cm³/mol. The molecule has 1 heteroatoms. The first-order valence-electron chi connectivity index (χ1n) is 11.4. The second-order valence-electron chi connectivity index (χ2n) is 8.79. The number of para-hydroxylation sites is 1. The molecule has 31 heavy (non-hydrogen) atoms. The summed E-state index contributed by atoms with van der Waals surface area (Å²) in [5.41, 5.74) is 8.05. The van der Waals surface area contributed by atoms with Crippen LogP contribution in [-0.2, 0) is 0 Å². The highest BCUT2D eigenvalue weighted by molar-refractivity contribution is 5.93. The van der Waals surface area contributed by atoms with Gasteiger partial charge in [-0.15, -0.1) is 0 Å². The molecule has 4 aromatic carbocycles. The lowest BCUT2D eigenvalue weighted by molar-refractivity contribution is 0.442. The summed E-state index contributed by atoms with van der Waals surface area (Å²) < 4.78 is 0. The highest BCUT2D eigenvalue weighted by Gasteiger charge is 2.28. The Kier molecular flexibility index (Phi) is 6.13. The zero-order valence-corrected chi connectivity index (χ0v) is 19.4. The number of hydrogen-bond acceptors (Lipinski definition) is 1. The van der Waals surface area contributed by atoms with Crippen LogP contribution in [0.3, 0.4) is 0 Å². The molecule has 4 aromatic rings. The normalized spacial score (nSPS) is 13.2. The summed E-state index contributed by atoms with van der Waals surface area (Å²) >= 11 is 0. The van der Waals surface area contributed by atoms with Gasteiger partial charge >= 0.3 is 0 Å². The fourth-order valence-electron chi connectivity index (χ4n) is 4.92. The van der Waals surface area contributed by atoms with Crippen molar-refractivity contribution >= 4 is 16.5 Å². The van der Waals surface area contributed by atoms with E-state index in [0.29, 0.717) is 5.92 Å². The minimum absolute atomic E-state index is 0.270. The van der Waals surface area contributed by atoms with Crippen molar-refractivity contribution in [2.75, 3.05) is 11.9 Å². The van der Waals surface area contributed by atoms with Crippen LogP contribution in [0.15, 0.2) is 84.9 Å². The van der Waals surface area contributed by atoms with E-state index >= 15 is 0 Å². The maximum atomic E-state index is 2.51. The molecule has 0 heterocycles. The lowest BCUT2D eigenvalue weighted by atomic mass is 9.82. The molecule has 0 spiro atoms. The first-order chi connectivity index (χ1) is 15.0. The third-order valence-corrected chi connectivity index (χ3v) is 6.80. The van der Waals surface area contributed by atoms with Crippen molar-refractivity contribution in [3.05, 3.63) is 102 Å². The van der Waals surface area contributed by atoms with Crippen molar-refractivity contribution < 1.29 is 0 Å². The Morgan fingerprint density at radius 2 is 1.35 bits per heavy atom. The van der Waals surface area contributed by atoms with E-state index in [-0.39, 0.29) is 6.04 Å². The SMILES string of the molecule is CCC(C)C(c1c(-c2ccccc2C)ccc2ccccc12)N(C)c1ccccc1C. The Morgan fingerprint density at radius 1 is 0.710 bits per heavy atom. The highest BCUT2D eigenvalue weighted by Crippen LogP contribution is 2.43. The largest absolute Gasteiger partial charge is 0.367 e. The summed E-state index contributed by atoms with van der Waals surface area (Å²) in [5, 5.41) is 2.66. The van der Waals surface area contributed by atoms with Crippen LogP contribution in [0.25, 0.3) is 21.9 Å². The van der Waals surface area contributed by atoms with E-state index in [0.717, 1.165) is 6.42 Å². The lowest BCUT2D eigenvalue weighted by Gasteiger charge is -2.37. The molecule has 0 N–H and O–H groups in total. The minimum atomic E-state index is 0.270. The van der Waals surface area contributed by atoms with E-state index in [1.807, 2.05) is 0 Å². The van der Waals surface area contributed by atoms with Gasteiger partial charge in [0.15, 0.2) is 0 Å². The fourth-order valence-corrected chi connectivity index (χ4v) is 4.92. The smallest absolute Gasteiger partial charge is 0.0576 e. The van der Waals surface area contributed by atoms with Gasteiger partial charge in [-0.3, -0.25) is 0 Å². The van der Waals surface area contributed by atoms with E-state index < -0.39 is 0 Å². The van der Waals surface area contributed by atoms with E-state index in [4.69, 9.17) is 0 Å². The van der Waals surface area contributed by atoms with Crippen molar-refractivity contribution in [3.63, 3.8) is 0 Å². The number of fused-ring (bicyclic) bond motifs is 1. The maximum absolute atomic E-state index is 2.51. The molecule has 1 nitrogen and oxygen atoms in total. The number of nitrogens with zero attached hydrogens (tertiary/aromatic N) is 1. The topological polar surface area (TPSA) is 3.24 Å². The molecule has 0 fully saturated rings. The van der Waals surface area contributed by atoms with Crippen LogP contribution in [-0.4, -0.2) is 7.05 Å². The van der Waals surface area contributed by atoms with E-state index in [2.05, 4.69) is 125 Å². The summed E-state index contributed by atoms with van der Waals surface area (Å²) in [7, 11) is 2.27. The van der Waals surface area contributed by atoms with Gasteiger partial charge < -0.3 is 4.90 Å². The molecule has 0 aliphatic carbocycles. The summed E-state index contributed by atoms with van der Waals surface area (Å²) in [6.45, 7) is 9.13. The average Bonchev–Trinajstić information content (AvgIpc) is 2.80. The van der Waals surface area contributed by atoms with E-state index in [1.165, 1.54) is 44.3 Å². The maximum Gasteiger partial charge on any atom is 0.0576 e. The molecule has 2 atom stereocenters. The Balaban J connectivity index is 2.03. The zero-order chi connectivity index (χ0) is 22.0. The van der Waals surface area contributed by atoms with Crippen LogP contribution in [0, 0.1) is 19.8 Å². The molecular weight excluding hydrogens is 374 g/mol. The van der Waals surface area contributed by atoms with Gasteiger partial charge in [-0.2, -0.15) is 0 Å². The average molecular weight is 408 g/mol. The van der Waals surface area contributed by atoms with E-state index in [1.54, 1.807) is 0 Å². The standard InChI is InChI=1S/C30H33N/c1-6-21(2)30(31(5)28-18-12-8-14-23(28)4)29-26-17-11-9-15-24(26)19-20-27(29)25-16-10-7-13-22(25)3/h7-21,30H,6H2,1-5H3. The molecule has 0 bridgehead atoms. The number of aryl methyl sites for hydroxylation is 2. The third kappa shape index (κ3) is 3.97. The molecule has 0 saturated heterocycles. The van der Waals surface area contributed by atoms with Crippen LogP contribution in [0.1, 0.15) is 43.0 Å². The summed E-state index contributed by atoms with van der Waals surface area (Å²) in [5.74, 6) is 0.498. The van der Waals surface area contributed by atoms with Crippen molar-refractivity contribution in [3.8, 4) is 11.1 Å². The Hall–Kier alpha value is -3.06. The lowest BCUT2D eigenvalue weighted by Crippen LogP contribution is -2.30. The van der Waals surface area contributed by atoms with Gasteiger partial charge in [-0.05, 0) is 64.4 Å². The quantitative estimate of drug-likeness (QED) is 0.310. The minimum Gasteiger partial charge on any atom is -0.367 e. The van der Waals surface area contributed by atoms with E-state index in [9.17, 15) is 0 Å². The Labute approximate surface area is 187 Å². The Morgan fingerprint density at radius 3 is 2.06 bits per heavy atom. The monoisotopic (exact) mass is 407 g/mol. The van der Waals surface area contributed by atoms with Crippen LogP contribution in [0.4, 0.5) is 5.69 Å². The number of anilines is 1. The third-order valence-electron chi connectivity index (χ3n) is 6.80. The van der Waals surface area contributed by atoms with Gasteiger partial charge in [0.25, 0.3) is 0 Å². The zero-order valence-electron chi connectivity index (χ0n) is 19.4. The van der Waals surface area contributed by atoms with Crippen LogP contribution >= 0.6 is 0 Å². The first-order valence-corrected chi connectivity index (χ1v) is 11.4. The predicted octanol–water partition coefficient (Wildman–Crippen LogP) is 8.35. The van der Waals surface area contributed by atoms with Crippen molar-refractivity contribution in [1.29, 1.82) is 0 Å². The van der Waals surface area contributed by atoms with Gasteiger partial charge in [-0.25, -0.2) is 0 Å². The van der Waals surface area contributed by atoms with Gasteiger partial charge in [0.1, 0.15) is 0 Å². The van der Waals surface area contributed by atoms with Gasteiger partial charge in [-0.1, -0.05) is 99.1 Å². The molecule has 158 valence electrons. The second-order valence-corrected chi connectivity index (χ2v) is 8.79. The molecule has 4 rings (SSSR count). The molecule has 0 aromatic heterocycles. The second kappa shape index (κ2) is 8.98. The highest BCUT2D eigenvalue weighted by atomic mass is 15.1. The summed E-state index contributed by atoms with van der Waals surface area (Å²) in [6.07, 6.45) is 1.12. The molecule has 0 aliphatic heterocycles. The van der Waals surface area contributed by atoms with Crippen molar-refractivity contribution in [2.24, 2.45) is 5.92 Å². The summed E-state index contributed by atoms with van der Waals surface area (Å²) in [6, 6.07) is 31.3. The molecule has 0 amide bonds. The molecule has 0 radical (unpaired) electrons. The van der Waals surface area contributed by atoms with Crippen molar-refractivity contribution in [1.82, 2.24) is 0 Å². The van der Waals surface area contributed by atoms with Crippen LogP contribution in [0.2, 0.25) is 0 Å². The molecule has 0 saturated carbocycles. The molecule has 2 unspecified atom stereocenters. The fraction of sp³-hybridized carbons (Fsp3) is 0.267. The van der Waals surface area contributed by atoms with Gasteiger partial charge in [0.05, 0.1) is 6.04 Å². The number of rotatable bonds is 6. The molecule has 0 aliphatic rings. The van der Waals surface area contributed by atoms with Gasteiger partial charge in [0, 0.05) is 12.7 Å².